The molecule has 0 spiro atoms. The summed E-state index contributed by atoms with van der Waals surface area (Å²) in [5, 5.41) is 16.0. The van der Waals surface area contributed by atoms with E-state index in [1.807, 2.05) is 0 Å². The number of hydrogen-bond donors (Lipinski definition) is 3. The van der Waals surface area contributed by atoms with Gasteiger partial charge in [-0.15, -0.1) is 0 Å². The van der Waals surface area contributed by atoms with Gasteiger partial charge in [0.2, 0.25) is 0 Å². The van der Waals surface area contributed by atoms with Gasteiger partial charge in [0.15, 0.2) is 0 Å². The summed E-state index contributed by atoms with van der Waals surface area (Å²) in [6.45, 7) is 0. The fourth-order valence-electron chi connectivity index (χ4n) is 0.275. The molecule has 0 aliphatic carbocycles. The molecular weight excluding hydrogens is 130 g/mol. The van der Waals surface area contributed by atoms with Crippen molar-refractivity contribution in [2.45, 2.75) is 12.5 Å². The first kappa shape index (κ1) is 7.90. The molecule has 5 heteroatoms. The molecule has 0 aromatic heterocycles. The van der Waals surface area contributed by atoms with Crippen molar-refractivity contribution in [2.75, 3.05) is 0 Å². The summed E-state index contributed by atoms with van der Waals surface area (Å²) in [5.41, 5.74) is 4.84. The van der Waals surface area contributed by atoms with Crippen LogP contribution in [0.15, 0.2) is 0 Å². The summed E-state index contributed by atoms with van der Waals surface area (Å²) in [5.74, 6) is -2.50. The highest BCUT2D eigenvalue weighted by Gasteiger charge is 2.14. The summed E-state index contributed by atoms with van der Waals surface area (Å²) in [7, 11) is 0. The molecule has 0 radical (unpaired) electrons. The molecule has 4 N–H and O–H groups in total. The van der Waals surface area contributed by atoms with Crippen LogP contribution in [0, 0.1) is 0 Å². The van der Waals surface area contributed by atoms with Gasteiger partial charge < -0.3 is 15.9 Å². The second-order valence-electron chi connectivity index (χ2n) is 1.54. The predicted octanol–water partition coefficient (Wildman–Crippen LogP) is -1.13. The Bertz CT molecular complexity index is 133. The smallest absolute Gasteiger partial charge is 0.321 e. The lowest BCUT2D eigenvalue weighted by Gasteiger charge is -1.99. The molecule has 0 saturated heterocycles. The van der Waals surface area contributed by atoms with E-state index in [9.17, 15) is 9.59 Å². The molecule has 0 rings (SSSR count). The van der Waals surface area contributed by atoms with Crippen LogP contribution in [-0.2, 0) is 9.59 Å². The van der Waals surface area contributed by atoms with Crippen LogP contribution in [-0.4, -0.2) is 28.2 Å². The fourth-order valence-corrected chi connectivity index (χ4v) is 0.275. The number of carboxylic acid groups (broad SMARTS) is 2. The third kappa shape index (κ3) is 3.48. The number of nitrogens with two attached hydrogens (primary N) is 1. The molecule has 0 saturated carbocycles. The average molecular weight is 137 g/mol. The third-order valence-corrected chi connectivity index (χ3v) is 0.712. The minimum Gasteiger partial charge on any atom is -0.481 e. The fraction of sp³-hybridized carbons (Fsp3) is 0.500. The summed E-state index contributed by atoms with van der Waals surface area (Å²) < 4.78 is 0. The van der Waals surface area contributed by atoms with E-state index in [-0.39, 0.29) is 0 Å². The standard InChI is InChI=1S/C4H7NO4/c5-2(4(8)9)1-3(6)7/h2H,1,5H2,(H,6,7)(H,8,9)/t2-/m0/s1/i1+1,2+1,3+1,4+1. The third-order valence-electron chi connectivity index (χ3n) is 0.712. The minimum absolute atomic E-state index is 0.532. The van der Waals surface area contributed by atoms with Gasteiger partial charge >= 0.3 is 11.9 Å². The summed E-state index contributed by atoms with van der Waals surface area (Å²) in [4.78, 5) is 19.6. The van der Waals surface area contributed by atoms with Gasteiger partial charge in [-0.1, -0.05) is 0 Å². The highest BCUT2D eigenvalue weighted by Crippen LogP contribution is 1.86. The second kappa shape index (κ2) is 3.03. The van der Waals surface area contributed by atoms with Crippen LogP contribution in [0.5, 0.6) is 0 Å². The van der Waals surface area contributed by atoms with Gasteiger partial charge in [0.05, 0.1) is 6.42 Å². The number of rotatable bonds is 3. The van der Waals surface area contributed by atoms with Gasteiger partial charge in [0.25, 0.3) is 0 Å². The van der Waals surface area contributed by atoms with Gasteiger partial charge in [0.1, 0.15) is 6.04 Å². The Balaban J connectivity index is 3.63. The maximum absolute atomic E-state index is 9.85. The van der Waals surface area contributed by atoms with Gasteiger partial charge in [-0.2, -0.15) is 0 Å². The molecule has 0 heterocycles. The first-order valence-electron chi connectivity index (χ1n) is 2.24. The maximum atomic E-state index is 9.85. The largest absolute Gasteiger partial charge is 0.481 e. The number of aliphatic carboxylic acids is 2. The van der Waals surface area contributed by atoms with Crippen molar-refractivity contribution in [3.05, 3.63) is 0 Å². The van der Waals surface area contributed by atoms with E-state index in [2.05, 4.69) is 0 Å². The lowest BCUT2D eigenvalue weighted by atomic mass is 11.2. The Hall–Kier alpha value is -1.10. The first-order valence-corrected chi connectivity index (χ1v) is 2.24. The molecule has 0 aliphatic heterocycles. The van der Waals surface area contributed by atoms with E-state index in [0.29, 0.717) is 0 Å². The van der Waals surface area contributed by atoms with Crippen LogP contribution in [0.4, 0.5) is 0 Å². The van der Waals surface area contributed by atoms with Crippen LogP contribution in [0.3, 0.4) is 0 Å². The zero-order valence-electron chi connectivity index (χ0n) is 4.57. The second-order valence-corrected chi connectivity index (χ2v) is 1.54. The van der Waals surface area contributed by atoms with Crippen molar-refractivity contribution in [3.8, 4) is 0 Å². The van der Waals surface area contributed by atoms with Crippen molar-refractivity contribution < 1.29 is 19.8 Å². The highest BCUT2D eigenvalue weighted by atomic mass is 16.5. The van der Waals surface area contributed by atoms with Crippen LogP contribution in [0.1, 0.15) is 6.42 Å². The number of hydrogen-bond acceptors (Lipinski definition) is 3. The minimum atomic E-state index is -1.29. The van der Waals surface area contributed by atoms with E-state index in [0.717, 1.165) is 0 Å². The van der Waals surface area contributed by atoms with Crippen LogP contribution in [0.25, 0.3) is 0 Å². The van der Waals surface area contributed by atoms with E-state index in [1.165, 1.54) is 0 Å². The van der Waals surface area contributed by atoms with Crippen LogP contribution < -0.4 is 5.73 Å². The molecule has 0 unspecified atom stereocenters. The molecule has 52 valence electrons. The Labute approximate surface area is 51.1 Å². The molecule has 0 aromatic rings. The zero-order chi connectivity index (χ0) is 7.44. The van der Waals surface area contributed by atoms with E-state index < -0.39 is 24.4 Å². The molecule has 0 aliphatic rings. The summed E-state index contributed by atoms with van der Waals surface area (Å²) >= 11 is 0. The lowest BCUT2D eigenvalue weighted by molar-refractivity contribution is -0.144. The number of carboxylic acids is 2. The van der Waals surface area contributed by atoms with Gasteiger partial charge in [-0.25, -0.2) is 0 Å². The Morgan fingerprint density at radius 3 is 2.00 bits per heavy atom. The first-order chi connectivity index (χ1) is 4.04. The lowest BCUT2D eigenvalue weighted by Crippen LogP contribution is -2.32. The number of carbonyl (C=O) groups is 2. The van der Waals surface area contributed by atoms with Crippen molar-refractivity contribution >= 4 is 11.9 Å². The molecule has 0 fully saturated rings. The predicted molar refractivity (Wildman–Crippen MR) is 27.9 cm³/mol. The van der Waals surface area contributed by atoms with E-state index in [4.69, 9.17) is 15.9 Å². The monoisotopic (exact) mass is 137 g/mol. The van der Waals surface area contributed by atoms with Crippen molar-refractivity contribution in [1.29, 1.82) is 0 Å². The normalized spacial score (nSPS) is 12.6. The topological polar surface area (TPSA) is 101 Å². The molecule has 0 amide bonds. The quantitative estimate of drug-likeness (QED) is 0.427. The average Bonchev–Trinajstić information content (AvgIpc) is 1.63. The Morgan fingerprint density at radius 1 is 1.44 bits per heavy atom. The van der Waals surface area contributed by atoms with Crippen LogP contribution in [0.2, 0.25) is 0 Å². The maximum Gasteiger partial charge on any atom is 0.321 e. The van der Waals surface area contributed by atoms with Crippen molar-refractivity contribution in [3.63, 3.8) is 0 Å². The van der Waals surface area contributed by atoms with E-state index >= 15 is 0 Å². The SMILES string of the molecule is N[13C@@H]([13CH2][13C](=O)O)[13C](=O)O. The van der Waals surface area contributed by atoms with E-state index in [1.54, 1.807) is 0 Å². The molecule has 5 nitrogen and oxygen atoms in total. The van der Waals surface area contributed by atoms with Gasteiger partial charge in [-0.05, 0) is 0 Å². The Morgan fingerprint density at radius 2 is 1.89 bits per heavy atom. The van der Waals surface area contributed by atoms with Gasteiger partial charge in [0, 0.05) is 0 Å². The van der Waals surface area contributed by atoms with Gasteiger partial charge in [-0.3, -0.25) is 9.59 Å². The summed E-state index contributed by atoms with van der Waals surface area (Å²) in [6, 6.07) is -1.29. The molecule has 0 bridgehead atoms. The Kier molecular flexibility index (Phi) is 2.66. The molecule has 1 atom stereocenters. The van der Waals surface area contributed by atoms with Crippen molar-refractivity contribution in [1.82, 2.24) is 0 Å². The highest BCUT2D eigenvalue weighted by molar-refractivity contribution is 5.80. The molecule has 9 heavy (non-hydrogen) atoms. The zero-order valence-corrected chi connectivity index (χ0v) is 4.57. The summed E-state index contributed by atoms with van der Waals surface area (Å²) in [6.07, 6.45) is -0.532. The van der Waals surface area contributed by atoms with Crippen molar-refractivity contribution in [2.24, 2.45) is 5.73 Å². The van der Waals surface area contributed by atoms with Crippen LogP contribution >= 0.6 is 0 Å². The molecular formula is C4H7NO4. The molecule has 0 aromatic carbocycles.